The second-order valence-corrected chi connectivity index (χ2v) is 8.42. The zero-order chi connectivity index (χ0) is 21.0. The van der Waals surface area contributed by atoms with E-state index < -0.39 is 10.0 Å². The van der Waals surface area contributed by atoms with Crippen LogP contribution in [0.4, 0.5) is 10.1 Å². The Balaban J connectivity index is 1.75. The van der Waals surface area contributed by atoms with Crippen molar-refractivity contribution in [2.24, 2.45) is 0 Å². The van der Waals surface area contributed by atoms with Crippen molar-refractivity contribution in [2.75, 3.05) is 4.72 Å². The van der Waals surface area contributed by atoms with E-state index in [0.29, 0.717) is 16.7 Å². The van der Waals surface area contributed by atoms with E-state index in [9.17, 15) is 17.6 Å². The summed E-state index contributed by atoms with van der Waals surface area (Å²) < 4.78 is 41.3. The first-order valence-electron chi connectivity index (χ1n) is 8.97. The van der Waals surface area contributed by atoms with E-state index in [0.717, 1.165) is 5.56 Å². The molecule has 0 radical (unpaired) electrons. The van der Waals surface area contributed by atoms with Crippen LogP contribution in [0.5, 0.6) is 0 Å². The highest BCUT2D eigenvalue weighted by Gasteiger charge is 2.18. The third-order valence-electron chi connectivity index (χ3n) is 4.35. The van der Waals surface area contributed by atoms with Gasteiger partial charge in [0.25, 0.3) is 15.9 Å². The second kappa shape index (κ2) is 8.45. The van der Waals surface area contributed by atoms with E-state index >= 15 is 0 Å². The van der Waals surface area contributed by atoms with Crippen molar-refractivity contribution >= 4 is 21.6 Å². The number of nitrogens with one attached hydrogen (secondary N) is 2. The van der Waals surface area contributed by atoms with E-state index in [1.807, 2.05) is 13.0 Å². The quantitative estimate of drug-likeness (QED) is 0.638. The van der Waals surface area contributed by atoms with Crippen LogP contribution < -0.4 is 10.0 Å². The van der Waals surface area contributed by atoms with Crippen molar-refractivity contribution in [3.63, 3.8) is 0 Å². The third-order valence-corrected chi connectivity index (χ3v) is 5.88. The molecule has 0 aliphatic carbocycles. The Morgan fingerprint density at radius 1 is 0.966 bits per heavy atom. The third kappa shape index (κ3) is 5.20. The molecule has 3 rings (SSSR count). The van der Waals surface area contributed by atoms with E-state index in [2.05, 4.69) is 10.0 Å². The largest absolute Gasteiger partial charge is 0.348 e. The van der Waals surface area contributed by atoms with E-state index in [1.165, 1.54) is 18.2 Å². The lowest BCUT2D eigenvalue weighted by molar-refractivity contribution is 0.0951. The molecule has 0 aromatic heterocycles. The monoisotopic (exact) mass is 412 g/mol. The molecule has 5 nitrogen and oxygen atoms in total. The predicted molar refractivity (Wildman–Crippen MR) is 111 cm³/mol. The van der Waals surface area contributed by atoms with Crippen LogP contribution in [0, 0.1) is 19.7 Å². The Kier molecular flexibility index (Phi) is 5.98. The molecular formula is C22H21FN2O3S. The number of carbonyl (C=O) groups excluding carboxylic acids is 1. The van der Waals surface area contributed by atoms with Crippen molar-refractivity contribution < 1.29 is 17.6 Å². The van der Waals surface area contributed by atoms with Crippen LogP contribution in [-0.2, 0) is 16.6 Å². The summed E-state index contributed by atoms with van der Waals surface area (Å²) in [7, 11) is -3.79. The van der Waals surface area contributed by atoms with E-state index in [4.69, 9.17) is 0 Å². The van der Waals surface area contributed by atoms with Gasteiger partial charge < -0.3 is 5.32 Å². The average molecular weight is 412 g/mol. The molecule has 29 heavy (non-hydrogen) atoms. The maximum atomic E-state index is 13.2. The number of carbonyl (C=O) groups is 1. The van der Waals surface area contributed by atoms with Gasteiger partial charge in [0, 0.05) is 17.8 Å². The highest BCUT2D eigenvalue weighted by molar-refractivity contribution is 7.92. The molecule has 0 spiro atoms. The number of aryl methyl sites for hydroxylation is 2. The first-order chi connectivity index (χ1) is 13.7. The summed E-state index contributed by atoms with van der Waals surface area (Å²) in [6, 6.07) is 17.4. The van der Waals surface area contributed by atoms with Gasteiger partial charge >= 0.3 is 0 Å². The predicted octanol–water partition coefficient (Wildman–Crippen LogP) is 4.17. The maximum absolute atomic E-state index is 13.2. The van der Waals surface area contributed by atoms with Gasteiger partial charge in [-0.2, -0.15) is 0 Å². The molecular weight excluding hydrogens is 391 g/mol. The number of halogens is 1. The standard InChI is InChI=1S/C22H21FN2O3S/c1-15-9-10-16(2)21(11-15)29(27,28)25-20-8-4-6-18(13-20)22(26)24-14-17-5-3-7-19(23)12-17/h3-13,25H,14H2,1-2H3,(H,24,26). The smallest absolute Gasteiger partial charge is 0.262 e. The van der Waals surface area contributed by atoms with Crippen LogP contribution in [0.3, 0.4) is 0 Å². The minimum atomic E-state index is -3.79. The minimum Gasteiger partial charge on any atom is -0.348 e. The summed E-state index contributed by atoms with van der Waals surface area (Å²) in [4.78, 5) is 12.6. The highest BCUT2D eigenvalue weighted by Crippen LogP contribution is 2.21. The molecule has 3 aromatic rings. The first-order valence-corrected chi connectivity index (χ1v) is 10.5. The summed E-state index contributed by atoms with van der Waals surface area (Å²) in [6.07, 6.45) is 0. The number of rotatable bonds is 6. The summed E-state index contributed by atoms with van der Waals surface area (Å²) >= 11 is 0. The van der Waals surface area contributed by atoms with E-state index in [-0.39, 0.29) is 28.9 Å². The molecule has 0 fully saturated rings. The van der Waals surface area contributed by atoms with Gasteiger partial charge in [-0.25, -0.2) is 12.8 Å². The normalized spacial score (nSPS) is 11.1. The lowest BCUT2D eigenvalue weighted by atomic mass is 10.1. The maximum Gasteiger partial charge on any atom is 0.262 e. The Labute approximate surface area is 169 Å². The Morgan fingerprint density at radius 2 is 1.72 bits per heavy atom. The molecule has 0 saturated heterocycles. The molecule has 0 aliphatic heterocycles. The highest BCUT2D eigenvalue weighted by atomic mass is 32.2. The van der Waals surface area contributed by atoms with Crippen molar-refractivity contribution in [2.45, 2.75) is 25.3 Å². The van der Waals surface area contributed by atoms with Gasteiger partial charge in [-0.05, 0) is 66.9 Å². The van der Waals surface area contributed by atoms with Crippen molar-refractivity contribution in [3.8, 4) is 0 Å². The van der Waals surface area contributed by atoms with Crippen LogP contribution >= 0.6 is 0 Å². The number of hydrogen-bond donors (Lipinski definition) is 2. The minimum absolute atomic E-state index is 0.162. The molecule has 0 aliphatic rings. The van der Waals surface area contributed by atoms with Crippen molar-refractivity contribution in [1.29, 1.82) is 0 Å². The van der Waals surface area contributed by atoms with Crippen molar-refractivity contribution in [1.82, 2.24) is 5.32 Å². The van der Waals surface area contributed by atoms with Crippen molar-refractivity contribution in [3.05, 3.63) is 94.8 Å². The summed E-state index contributed by atoms with van der Waals surface area (Å²) in [5.41, 5.74) is 2.67. The summed E-state index contributed by atoms with van der Waals surface area (Å²) in [5, 5.41) is 2.70. The fraction of sp³-hybridized carbons (Fsp3) is 0.136. The Hall–Kier alpha value is -3.19. The summed E-state index contributed by atoms with van der Waals surface area (Å²) in [5.74, 6) is -0.762. The Bertz CT molecular complexity index is 1160. The topological polar surface area (TPSA) is 75.3 Å². The molecule has 7 heteroatoms. The van der Waals surface area contributed by atoms with Gasteiger partial charge in [-0.1, -0.05) is 30.3 Å². The number of hydrogen-bond acceptors (Lipinski definition) is 3. The molecule has 0 heterocycles. The zero-order valence-electron chi connectivity index (χ0n) is 16.1. The molecule has 0 saturated carbocycles. The molecule has 3 aromatic carbocycles. The lowest BCUT2D eigenvalue weighted by Crippen LogP contribution is -2.23. The fourth-order valence-electron chi connectivity index (χ4n) is 2.86. The number of amides is 1. The molecule has 0 bridgehead atoms. The summed E-state index contributed by atoms with van der Waals surface area (Å²) in [6.45, 7) is 3.71. The lowest BCUT2D eigenvalue weighted by Gasteiger charge is -2.12. The van der Waals surface area contributed by atoms with Gasteiger partial charge in [-0.15, -0.1) is 0 Å². The fourth-order valence-corrected chi connectivity index (χ4v) is 4.24. The van der Waals surface area contributed by atoms with E-state index in [1.54, 1.807) is 49.4 Å². The first kappa shape index (κ1) is 20.5. The number of benzene rings is 3. The Morgan fingerprint density at radius 3 is 2.48 bits per heavy atom. The van der Waals surface area contributed by atoms with Gasteiger partial charge in [0.1, 0.15) is 5.82 Å². The van der Waals surface area contributed by atoms with Crippen LogP contribution in [0.1, 0.15) is 27.0 Å². The van der Waals surface area contributed by atoms with Crippen LogP contribution in [-0.4, -0.2) is 14.3 Å². The molecule has 0 unspecified atom stereocenters. The van der Waals surface area contributed by atoms with Crippen LogP contribution in [0.2, 0.25) is 0 Å². The number of sulfonamides is 1. The van der Waals surface area contributed by atoms with Crippen LogP contribution in [0.25, 0.3) is 0 Å². The molecule has 150 valence electrons. The second-order valence-electron chi connectivity index (χ2n) is 6.77. The zero-order valence-corrected chi connectivity index (χ0v) is 16.9. The van der Waals surface area contributed by atoms with Gasteiger partial charge in [0.05, 0.1) is 4.90 Å². The number of anilines is 1. The molecule has 1 amide bonds. The van der Waals surface area contributed by atoms with Crippen LogP contribution in [0.15, 0.2) is 71.6 Å². The van der Waals surface area contributed by atoms with Gasteiger partial charge in [0.2, 0.25) is 0 Å². The molecule has 2 N–H and O–H groups in total. The van der Waals surface area contributed by atoms with Gasteiger partial charge in [-0.3, -0.25) is 9.52 Å². The molecule has 0 atom stereocenters. The average Bonchev–Trinajstić information content (AvgIpc) is 2.68. The SMILES string of the molecule is Cc1ccc(C)c(S(=O)(=O)Nc2cccc(C(=O)NCc3cccc(F)c3)c2)c1. The van der Waals surface area contributed by atoms with Gasteiger partial charge in [0.15, 0.2) is 0 Å².